The van der Waals surface area contributed by atoms with Crippen molar-refractivity contribution in [2.24, 2.45) is 0 Å². The van der Waals surface area contributed by atoms with Crippen LogP contribution in [0.3, 0.4) is 0 Å². The number of aromatic nitrogens is 2. The molecule has 2 heterocycles. The van der Waals surface area contributed by atoms with E-state index in [1.54, 1.807) is 13.1 Å². The van der Waals surface area contributed by atoms with E-state index >= 15 is 0 Å². The molecule has 1 saturated heterocycles. The summed E-state index contributed by atoms with van der Waals surface area (Å²) in [6, 6.07) is 1.70. The van der Waals surface area contributed by atoms with Gasteiger partial charge in [0, 0.05) is 36.7 Å². The summed E-state index contributed by atoms with van der Waals surface area (Å²) in [5, 5.41) is 3.01. The minimum atomic E-state index is -4.54. The lowest BCUT2D eigenvalue weighted by molar-refractivity contribution is -0.144. The van der Waals surface area contributed by atoms with Crippen LogP contribution in [0.25, 0.3) is 0 Å². The summed E-state index contributed by atoms with van der Waals surface area (Å²) in [5.41, 5.74) is 0. The van der Waals surface area contributed by atoms with Crippen LogP contribution >= 0.6 is 11.8 Å². The van der Waals surface area contributed by atoms with Gasteiger partial charge in [-0.2, -0.15) is 24.9 Å². The molecule has 0 spiro atoms. The number of alkyl halides is 3. The second kappa shape index (κ2) is 5.67. The monoisotopic (exact) mass is 306 g/mol. The molecule has 2 unspecified atom stereocenters. The SMILES string of the molecule is CNc1cc(N2CCSC(C)C2C)nc(C(F)(F)F)n1. The summed E-state index contributed by atoms with van der Waals surface area (Å²) in [6.07, 6.45) is -4.54. The van der Waals surface area contributed by atoms with Crippen molar-refractivity contribution >= 4 is 23.4 Å². The number of halogens is 3. The molecule has 20 heavy (non-hydrogen) atoms. The molecule has 0 amide bonds. The van der Waals surface area contributed by atoms with Crippen LogP contribution in [0, 0.1) is 0 Å². The Bertz CT molecular complexity index is 480. The highest BCUT2D eigenvalue weighted by Crippen LogP contribution is 2.32. The number of anilines is 2. The average molecular weight is 306 g/mol. The van der Waals surface area contributed by atoms with Crippen LogP contribution in [0.2, 0.25) is 0 Å². The molecule has 1 aromatic heterocycles. The molecule has 1 fully saturated rings. The van der Waals surface area contributed by atoms with Crippen molar-refractivity contribution < 1.29 is 13.2 Å². The van der Waals surface area contributed by atoms with Crippen molar-refractivity contribution in [2.75, 3.05) is 29.6 Å². The Hall–Kier alpha value is -1.18. The van der Waals surface area contributed by atoms with Gasteiger partial charge in [-0.1, -0.05) is 6.92 Å². The number of thioether (sulfide) groups is 1. The Morgan fingerprint density at radius 2 is 2.05 bits per heavy atom. The van der Waals surface area contributed by atoms with Gasteiger partial charge < -0.3 is 10.2 Å². The molecule has 0 saturated carbocycles. The highest BCUT2D eigenvalue weighted by atomic mass is 32.2. The first-order valence-corrected chi connectivity index (χ1v) is 7.40. The quantitative estimate of drug-likeness (QED) is 0.910. The van der Waals surface area contributed by atoms with E-state index in [2.05, 4.69) is 22.2 Å². The van der Waals surface area contributed by atoms with Crippen molar-refractivity contribution in [1.82, 2.24) is 9.97 Å². The molecule has 112 valence electrons. The minimum absolute atomic E-state index is 0.134. The lowest BCUT2D eigenvalue weighted by Crippen LogP contribution is -2.45. The lowest BCUT2D eigenvalue weighted by Gasteiger charge is -2.38. The molecule has 8 heteroatoms. The Morgan fingerprint density at radius 1 is 1.35 bits per heavy atom. The third-order valence-electron chi connectivity index (χ3n) is 3.40. The van der Waals surface area contributed by atoms with E-state index in [9.17, 15) is 13.2 Å². The molecule has 1 N–H and O–H groups in total. The molecule has 0 aromatic carbocycles. The largest absolute Gasteiger partial charge is 0.451 e. The first kappa shape index (κ1) is 15.2. The molecular weight excluding hydrogens is 289 g/mol. The van der Waals surface area contributed by atoms with E-state index < -0.39 is 12.0 Å². The summed E-state index contributed by atoms with van der Waals surface area (Å²) in [7, 11) is 1.55. The second-order valence-corrected chi connectivity index (χ2v) is 6.18. The molecular formula is C12H17F3N4S. The van der Waals surface area contributed by atoms with Crippen LogP contribution < -0.4 is 10.2 Å². The van der Waals surface area contributed by atoms with Gasteiger partial charge in [0.25, 0.3) is 0 Å². The van der Waals surface area contributed by atoms with Crippen molar-refractivity contribution in [3.05, 3.63) is 11.9 Å². The first-order valence-electron chi connectivity index (χ1n) is 6.35. The van der Waals surface area contributed by atoms with E-state index in [0.29, 0.717) is 17.6 Å². The average Bonchev–Trinajstić information content (AvgIpc) is 2.40. The van der Waals surface area contributed by atoms with Gasteiger partial charge in [-0.3, -0.25) is 0 Å². The van der Waals surface area contributed by atoms with Crippen molar-refractivity contribution in [1.29, 1.82) is 0 Å². The molecule has 0 bridgehead atoms. The zero-order valence-electron chi connectivity index (χ0n) is 11.5. The van der Waals surface area contributed by atoms with Gasteiger partial charge in [0.2, 0.25) is 5.82 Å². The molecule has 1 aromatic rings. The maximum Gasteiger partial charge on any atom is 0.451 e. The maximum absolute atomic E-state index is 12.8. The number of rotatable bonds is 2. The number of hydrogen-bond acceptors (Lipinski definition) is 5. The van der Waals surface area contributed by atoms with E-state index in [0.717, 1.165) is 5.75 Å². The number of nitrogens with one attached hydrogen (secondary N) is 1. The van der Waals surface area contributed by atoms with Gasteiger partial charge >= 0.3 is 6.18 Å². The highest BCUT2D eigenvalue weighted by Gasteiger charge is 2.36. The van der Waals surface area contributed by atoms with Crippen LogP contribution in [0.1, 0.15) is 19.7 Å². The van der Waals surface area contributed by atoms with Crippen LogP contribution in [-0.4, -0.2) is 40.6 Å². The van der Waals surface area contributed by atoms with Crippen LogP contribution in [0.5, 0.6) is 0 Å². The van der Waals surface area contributed by atoms with Gasteiger partial charge in [-0.15, -0.1) is 0 Å². The Balaban J connectivity index is 2.40. The fourth-order valence-electron chi connectivity index (χ4n) is 2.09. The molecule has 2 atom stereocenters. The van der Waals surface area contributed by atoms with Gasteiger partial charge in [0.15, 0.2) is 0 Å². The van der Waals surface area contributed by atoms with E-state index in [1.807, 2.05) is 23.6 Å². The van der Waals surface area contributed by atoms with Crippen molar-refractivity contribution in [3.8, 4) is 0 Å². The Morgan fingerprint density at radius 3 is 2.65 bits per heavy atom. The van der Waals surface area contributed by atoms with Gasteiger partial charge in [0.1, 0.15) is 11.6 Å². The summed E-state index contributed by atoms with van der Waals surface area (Å²) in [6.45, 7) is 4.77. The standard InChI is InChI=1S/C12H17F3N4S/c1-7-8(2)20-5-4-19(7)10-6-9(16-3)17-11(18-10)12(13,14)15/h6-8H,4-5H2,1-3H3,(H,16,17,18). The van der Waals surface area contributed by atoms with E-state index in [1.165, 1.54) is 0 Å². The predicted molar refractivity (Wildman–Crippen MR) is 75.3 cm³/mol. The zero-order valence-corrected chi connectivity index (χ0v) is 12.3. The lowest BCUT2D eigenvalue weighted by atomic mass is 10.2. The topological polar surface area (TPSA) is 41.0 Å². The van der Waals surface area contributed by atoms with E-state index in [-0.39, 0.29) is 11.9 Å². The minimum Gasteiger partial charge on any atom is -0.373 e. The number of hydrogen-bond donors (Lipinski definition) is 1. The molecule has 0 radical (unpaired) electrons. The van der Waals surface area contributed by atoms with Crippen LogP contribution in [-0.2, 0) is 6.18 Å². The van der Waals surface area contributed by atoms with Gasteiger partial charge in [-0.25, -0.2) is 9.97 Å². The molecule has 2 rings (SSSR count). The van der Waals surface area contributed by atoms with E-state index in [4.69, 9.17) is 0 Å². The molecule has 4 nitrogen and oxygen atoms in total. The summed E-state index contributed by atoms with van der Waals surface area (Å²) >= 11 is 1.82. The van der Waals surface area contributed by atoms with Crippen LogP contribution in [0.4, 0.5) is 24.8 Å². The van der Waals surface area contributed by atoms with Crippen molar-refractivity contribution in [2.45, 2.75) is 31.3 Å². The van der Waals surface area contributed by atoms with Crippen molar-refractivity contribution in [3.63, 3.8) is 0 Å². The Labute approximate surface area is 120 Å². The summed E-state index contributed by atoms with van der Waals surface area (Å²) in [4.78, 5) is 9.10. The van der Waals surface area contributed by atoms with Gasteiger partial charge in [0.05, 0.1) is 0 Å². The zero-order chi connectivity index (χ0) is 14.9. The highest BCUT2D eigenvalue weighted by molar-refractivity contribution is 8.00. The fraction of sp³-hybridized carbons (Fsp3) is 0.667. The summed E-state index contributed by atoms with van der Waals surface area (Å²) < 4.78 is 38.5. The van der Waals surface area contributed by atoms with Gasteiger partial charge in [-0.05, 0) is 6.92 Å². The van der Waals surface area contributed by atoms with Crippen LogP contribution in [0.15, 0.2) is 6.07 Å². The Kier molecular flexibility index (Phi) is 4.31. The number of nitrogens with zero attached hydrogens (tertiary/aromatic N) is 3. The second-order valence-electron chi connectivity index (χ2n) is 4.69. The molecule has 0 aliphatic carbocycles. The fourth-order valence-corrected chi connectivity index (χ4v) is 3.19. The third kappa shape index (κ3) is 3.11. The molecule has 1 aliphatic heterocycles. The normalized spacial score (nSPS) is 23.8. The third-order valence-corrected chi connectivity index (χ3v) is 4.74. The maximum atomic E-state index is 12.8. The summed E-state index contributed by atoms with van der Waals surface area (Å²) in [5.74, 6) is 0.292. The first-order chi connectivity index (χ1) is 9.32. The molecule has 1 aliphatic rings. The predicted octanol–water partition coefficient (Wildman–Crippen LogP) is 2.87. The smallest absolute Gasteiger partial charge is 0.373 e.